The Morgan fingerprint density at radius 3 is 2.42 bits per heavy atom. The Labute approximate surface area is 130 Å². The minimum atomic E-state index is 0.0783. The van der Waals surface area contributed by atoms with Crippen LogP contribution in [0.3, 0.4) is 0 Å². The maximum atomic E-state index is 5.72. The Morgan fingerprint density at radius 2 is 1.79 bits per heavy atom. The highest BCUT2D eigenvalue weighted by molar-refractivity contribution is 9.11. The summed E-state index contributed by atoms with van der Waals surface area (Å²) in [7, 11) is 0. The molecule has 0 bridgehead atoms. The van der Waals surface area contributed by atoms with Crippen molar-refractivity contribution in [2.45, 2.75) is 19.4 Å². The van der Waals surface area contributed by atoms with Crippen LogP contribution in [-0.4, -0.2) is 0 Å². The van der Waals surface area contributed by atoms with Crippen LogP contribution in [0.25, 0.3) is 0 Å². The van der Waals surface area contributed by atoms with Gasteiger partial charge in [-0.25, -0.2) is 0 Å². The smallest absolute Gasteiger partial charge is 0.0511 e. The van der Waals surface area contributed by atoms with Gasteiger partial charge in [0.15, 0.2) is 0 Å². The van der Waals surface area contributed by atoms with Crippen LogP contribution in [0, 0.1) is 6.92 Å². The van der Waals surface area contributed by atoms with Gasteiger partial charge in [-0.3, -0.25) is 11.3 Å². The summed E-state index contributed by atoms with van der Waals surface area (Å²) in [5.41, 5.74) is 6.58. The molecule has 2 aromatic rings. The topological polar surface area (TPSA) is 38.0 Å². The van der Waals surface area contributed by atoms with E-state index in [0.29, 0.717) is 0 Å². The standard InChI is InChI=1S/C15H16Br2N2/c1-10-2-4-11(5-3-10)8-15(19-18)13-9-12(16)6-7-14(13)17/h2-7,9,15,19H,8,18H2,1H3. The van der Waals surface area contributed by atoms with Crippen LogP contribution in [0.15, 0.2) is 51.4 Å². The van der Waals surface area contributed by atoms with E-state index in [0.717, 1.165) is 20.9 Å². The molecule has 1 atom stereocenters. The first-order chi connectivity index (χ1) is 9.10. The van der Waals surface area contributed by atoms with Crippen LogP contribution in [0.4, 0.5) is 0 Å². The third-order valence-electron chi connectivity index (χ3n) is 3.10. The van der Waals surface area contributed by atoms with Gasteiger partial charge in [0.2, 0.25) is 0 Å². The minimum Gasteiger partial charge on any atom is -0.271 e. The van der Waals surface area contributed by atoms with Gasteiger partial charge in [0.1, 0.15) is 0 Å². The molecule has 0 spiro atoms. The molecular formula is C15H16Br2N2. The van der Waals surface area contributed by atoms with Crippen molar-refractivity contribution in [2.24, 2.45) is 5.84 Å². The van der Waals surface area contributed by atoms with Gasteiger partial charge in [0.05, 0.1) is 6.04 Å². The molecule has 0 aliphatic rings. The fourth-order valence-corrected chi connectivity index (χ4v) is 2.90. The summed E-state index contributed by atoms with van der Waals surface area (Å²) in [6.07, 6.45) is 0.853. The van der Waals surface area contributed by atoms with E-state index in [1.165, 1.54) is 11.1 Å². The van der Waals surface area contributed by atoms with Crippen LogP contribution in [0.2, 0.25) is 0 Å². The first-order valence-electron chi connectivity index (χ1n) is 6.07. The molecule has 0 heterocycles. The number of halogens is 2. The average Bonchev–Trinajstić information content (AvgIpc) is 2.41. The Morgan fingerprint density at radius 1 is 1.11 bits per heavy atom. The Balaban J connectivity index is 2.24. The molecule has 100 valence electrons. The predicted molar refractivity (Wildman–Crippen MR) is 86.8 cm³/mol. The molecule has 0 saturated carbocycles. The number of aryl methyl sites for hydroxylation is 1. The molecule has 1 unspecified atom stereocenters. The summed E-state index contributed by atoms with van der Waals surface area (Å²) in [6.45, 7) is 2.09. The molecule has 2 nitrogen and oxygen atoms in total. The zero-order valence-corrected chi connectivity index (χ0v) is 13.8. The normalized spacial score (nSPS) is 12.4. The molecule has 0 radical (unpaired) electrons. The lowest BCUT2D eigenvalue weighted by Gasteiger charge is -2.18. The van der Waals surface area contributed by atoms with Crippen LogP contribution in [-0.2, 0) is 6.42 Å². The lowest BCUT2D eigenvalue weighted by Crippen LogP contribution is -2.29. The molecule has 0 saturated heterocycles. The molecule has 0 aliphatic carbocycles. The van der Waals surface area contributed by atoms with Crippen molar-refractivity contribution in [3.63, 3.8) is 0 Å². The monoisotopic (exact) mass is 382 g/mol. The van der Waals surface area contributed by atoms with Gasteiger partial charge >= 0.3 is 0 Å². The van der Waals surface area contributed by atoms with Crippen molar-refractivity contribution < 1.29 is 0 Å². The van der Waals surface area contributed by atoms with E-state index in [4.69, 9.17) is 5.84 Å². The van der Waals surface area contributed by atoms with Crippen LogP contribution in [0.5, 0.6) is 0 Å². The fourth-order valence-electron chi connectivity index (χ4n) is 2.00. The predicted octanol–water partition coefficient (Wildman–Crippen LogP) is 4.27. The maximum Gasteiger partial charge on any atom is 0.0511 e. The van der Waals surface area contributed by atoms with Crippen molar-refractivity contribution in [1.82, 2.24) is 5.43 Å². The highest BCUT2D eigenvalue weighted by Crippen LogP contribution is 2.28. The molecule has 4 heteroatoms. The zero-order chi connectivity index (χ0) is 13.8. The van der Waals surface area contributed by atoms with Crippen molar-refractivity contribution in [3.05, 3.63) is 68.1 Å². The van der Waals surface area contributed by atoms with Crippen molar-refractivity contribution in [3.8, 4) is 0 Å². The van der Waals surface area contributed by atoms with Gasteiger partial charge in [0.25, 0.3) is 0 Å². The molecule has 2 aromatic carbocycles. The number of hydrogen-bond donors (Lipinski definition) is 2. The van der Waals surface area contributed by atoms with E-state index in [1.54, 1.807) is 0 Å². The van der Waals surface area contributed by atoms with Gasteiger partial charge < -0.3 is 0 Å². The third kappa shape index (κ3) is 3.89. The third-order valence-corrected chi connectivity index (χ3v) is 4.31. The fraction of sp³-hybridized carbons (Fsp3) is 0.200. The number of benzene rings is 2. The summed E-state index contributed by atoms with van der Waals surface area (Å²) in [6, 6.07) is 14.7. The Hall–Kier alpha value is -0.680. The van der Waals surface area contributed by atoms with Crippen LogP contribution >= 0.6 is 31.9 Å². The summed E-state index contributed by atoms with van der Waals surface area (Å²) in [4.78, 5) is 0. The van der Waals surface area contributed by atoms with E-state index in [2.05, 4.69) is 74.5 Å². The molecule has 0 aliphatic heterocycles. The van der Waals surface area contributed by atoms with E-state index in [1.807, 2.05) is 12.1 Å². The van der Waals surface area contributed by atoms with Gasteiger partial charge in [0, 0.05) is 8.95 Å². The summed E-state index contributed by atoms with van der Waals surface area (Å²) in [5, 5.41) is 0. The number of rotatable bonds is 4. The van der Waals surface area contributed by atoms with Crippen molar-refractivity contribution in [2.75, 3.05) is 0 Å². The highest BCUT2D eigenvalue weighted by atomic mass is 79.9. The molecule has 0 aromatic heterocycles. The Kier molecular flexibility index (Phi) is 5.16. The quantitative estimate of drug-likeness (QED) is 0.611. The van der Waals surface area contributed by atoms with E-state index in [9.17, 15) is 0 Å². The molecule has 2 rings (SSSR count). The lowest BCUT2D eigenvalue weighted by atomic mass is 9.99. The second kappa shape index (κ2) is 6.66. The van der Waals surface area contributed by atoms with Crippen LogP contribution in [0.1, 0.15) is 22.7 Å². The second-order valence-electron chi connectivity index (χ2n) is 4.57. The zero-order valence-electron chi connectivity index (χ0n) is 10.7. The molecule has 0 amide bonds. The number of hydrogen-bond acceptors (Lipinski definition) is 2. The van der Waals surface area contributed by atoms with E-state index < -0.39 is 0 Å². The Bertz CT molecular complexity index is 553. The molecule has 3 N–H and O–H groups in total. The molecule has 0 fully saturated rings. The van der Waals surface area contributed by atoms with Gasteiger partial charge in [-0.2, -0.15) is 0 Å². The molecular weight excluding hydrogens is 368 g/mol. The first kappa shape index (κ1) is 14.7. The van der Waals surface area contributed by atoms with Crippen molar-refractivity contribution in [1.29, 1.82) is 0 Å². The van der Waals surface area contributed by atoms with Gasteiger partial charge in [-0.05, 0) is 42.7 Å². The van der Waals surface area contributed by atoms with Gasteiger partial charge in [-0.1, -0.05) is 61.7 Å². The highest BCUT2D eigenvalue weighted by Gasteiger charge is 2.14. The summed E-state index contributed by atoms with van der Waals surface area (Å²) in [5.74, 6) is 5.72. The summed E-state index contributed by atoms with van der Waals surface area (Å²) >= 11 is 7.08. The first-order valence-corrected chi connectivity index (χ1v) is 7.65. The maximum absolute atomic E-state index is 5.72. The second-order valence-corrected chi connectivity index (χ2v) is 6.34. The SMILES string of the molecule is Cc1ccc(CC(NN)c2cc(Br)ccc2Br)cc1. The number of nitrogens with two attached hydrogens (primary N) is 1. The largest absolute Gasteiger partial charge is 0.271 e. The van der Waals surface area contributed by atoms with Gasteiger partial charge in [-0.15, -0.1) is 0 Å². The molecule has 19 heavy (non-hydrogen) atoms. The summed E-state index contributed by atoms with van der Waals surface area (Å²) < 4.78 is 2.11. The van der Waals surface area contributed by atoms with E-state index in [-0.39, 0.29) is 6.04 Å². The van der Waals surface area contributed by atoms with E-state index >= 15 is 0 Å². The number of nitrogens with one attached hydrogen (secondary N) is 1. The minimum absolute atomic E-state index is 0.0783. The lowest BCUT2D eigenvalue weighted by molar-refractivity contribution is 0.550. The van der Waals surface area contributed by atoms with Crippen molar-refractivity contribution >= 4 is 31.9 Å². The number of hydrazine groups is 1. The average molecular weight is 384 g/mol. The van der Waals surface area contributed by atoms with Crippen LogP contribution < -0.4 is 11.3 Å².